The normalized spacial score (nSPS) is 16.4. The number of halogens is 3. The first-order valence-electron chi connectivity index (χ1n) is 8.91. The molecule has 1 amide bonds. The lowest BCUT2D eigenvalue weighted by Gasteiger charge is -2.33. The number of alkyl halides is 3. The lowest BCUT2D eigenvalue weighted by Crippen LogP contribution is -2.43. The van der Waals surface area contributed by atoms with Crippen molar-refractivity contribution in [3.63, 3.8) is 0 Å². The van der Waals surface area contributed by atoms with Gasteiger partial charge in [0.2, 0.25) is 0 Å². The average Bonchev–Trinajstić information content (AvgIpc) is 2.87. The van der Waals surface area contributed by atoms with Crippen LogP contribution in [0.25, 0.3) is 11.0 Å². The molecule has 2 aromatic rings. The number of amides is 1. The molecular formula is C18H22F3N3O4. The molecule has 0 radical (unpaired) electrons. The number of carbonyl (C=O) groups excluding carboxylic acids is 1. The van der Waals surface area contributed by atoms with Crippen LogP contribution < -0.4 is 10.4 Å². The molecule has 28 heavy (non-hydrogen) atoms. The number of nitrogens with one attached hydrogen (secondary N) is 1. The fourth-order valence-electron chi connectivity index (χ4n) is 3.29. The lowest BCUT2D eigenvalue weighted by atomic mass is 10.0. The van der Waals surface area contributed by atoms with Gasteiger partial charge in [-0.25, -0.2) is 9.59 Å². The van der Waals surface area contributed by atoms with Gasteiger partial charge in [0.05, 0.1) is 11.0 Å². The molecule has 10 heteroatoms. The van der Waals surface area contributed by atoms with Crippen LogP contribution in [0.15, 0.2) is 23.0 Å². The smallest absolute Gasteiger partial charge is 0.444 e. The number of hydrogen-bond donors (Lipinski definition) is 1. The van der Waals surface area contributed by atoms with Crippen LogP contribution in [0.2, 0.25) is 0 Å². The van der Waals surface area contributed by atoms with E-state index < -0.39 is 23.7 Å². The van der Waals surface area contributed by atoms with Gasteiger partial charge >= 0.3 is 18.1 Å². The number of nitrogens with zero attached hydrogens (tertiary/aromatic N) is 2. The van der Waals surface area contributed by atoms with Crippen LogP contribution in [0.1, 0.15) is 39.7 Å². The number of aromatic nitrogens is 2. The summed E-state index contributed by atoms with van der Waals surface area (Å²) in [6, 6.07) is 3.48. The fraction of sp³-hybridized carbons (Fsp3) is 0.556. The van der Waals surface area contributed by atoms with Crippen LogP contribution in [0.5, 0.6) is 5.75 Å². The van der Waals surface area contributed by atoms with E-state index in [9.17, 15) is 22.8 Å². The predicted octanol–water partition coefficient (Wildman–Crippen LogP) is 3.80. The summed E-state index contributed by atoms with van der Waals surface area (Å²) in [4.78, 5) is 28.8. The number of rotatable bonds is 2. The molecule has 0 atom stereocenters. The van der Waals surface area contributed by atoms with Gasteiger partial charge in [-0.05, 0) is 45.7 Å². The molecule has 1 fully saturated rings. The van der Waals surface area contributed by atoms with Gasteiger partial charge < -0.3 is 19.4 Å². The lowest BCUT2D eigenvalue weighted by molar-refractivity contribution is -0.274. The summed E-state index contributed by atoms with van der Waals surface area (Å²) in [5.74, 6) is -0.390. The fourth-order valence-corrected chi connectivity index (χ4v) is 3.29. The van der Waals surface area contributed by atoms with Crippen molar-refractivity contribution in [2.75, 3.05) is 13.1 Å². The quantitative estimate of drug-likeness (QED) is 0.831. The van der Waals surface area contributed by atoms with Crippen LogP contribution in [0.3, 0.4) is 0 Å². The molecule has 1 aromatic heterocycles. The maximum atomic E-state index is 12.5. The number of benzene rings is 1. The molecule has 1 aliphatic heterocycles. The monoisotopic (exact) mass is 401 g/mol. The van der Waals surface area contributed by atoms with E-state index >= 15 is 0 Å². The molecule has 154 valence electrons. The van der Waals surface area contributed by atoms with Gasteiger partial charge in [-0.15, -0.1) is 13.2 Å². The second kappa shape index (κ2) is 7.06. The van der Waals surface area contributed by atoms with Crippen molar-refractivity contribution in [3.8, 4) is 5.75 Å². The molecule has 0 saturated carbocycles. The molecule has 0 aliphatic carbocycles. The third-order valence-corrected chi connectivity index (χ3v) is 4.40. The maximum Gasteiger partial charge on any atom is 0.573 e. The van der Waals surface area contributed by atoms with Crippen LogP contribution in [0.4, 0.5) is 18.0 Å². The van der Waals surface area contributed by atoms with Crippen LogP contribution in [0, 0.1) is 0 Å². The highest BCUT2D eigenvalue weighted by Crippen LogP contribution is 2.29. The molecule has 1 aliphatic rings. The summed E-state index contributed by atoms with van der Waals surface area (Å²) in [6.07, 6.45) is -4.26. The number of hydrogen-bond acceptors (Lipinski definition) is 4. The zero-order valence-corrected chi connectivity index (χ0v) is 15.8. The number of imidazole rings is 1. The first-order chi connectivity index (χ1) is 12.9. The Morgan fingerprint density at radius 1 is 1.18 bits per heavy atom. The highest BCUT2D eigenvalue weighted by molar-refractivity contribution is 5.77. The number of piperidine rings is 1. The van der Waals surface area contributed by atoms with Crippen molar-refractivity contribution >= 4 is 17.1 Å². The van der Waals surface area contributed by atoms with E-state index in [1.807, 2.05) is 0 Å². The van der Waals surface area contributed by atoms with E-state index in [0.29, 0.717) is 37.0 Å². The van der Waals surface area contributed by atoms with Crippen molar-refractivity contribution in [2.24, 2.45) is 0 Å². The van der Waals surface area contributed by atoms with E-state index in [1.54, 1.807) is 25.7 Å². The minimum atomic E-state index is -4.81. The molecule has 7 nitrogen and oxygen atoms in total. The zero-order valence-electron chi connectivity index (χ0n) is 15.8. The molecular weight excluding hydrogens is 379 g/mol. The highest BCUT2D eigenvalue weighted by atomic mass is 19.4. The third kappa shape index (κ3) is 4.60. The summed E-state index contributed by atoms with van der Waals surface area (Å²) in [5, 5.41) is 0. The van der Waals surface area contributed by atoms with E-state index in [2.05, 4.69) is 9.72 Å². The van der Waals surface area contributed by atoms with E-state index in [1.165, 1.54) is 16.7 Å². The minimum absolute atomic E-state index is 0.249. The zero-order chi connectivity index (χ0) is 20.7. The first-order valence-corrected chi connectivity index (χ1v) is 8.91. The first kappa shape index (κ1) is 20.1. The number of likely N-dealkylation sites (tertiary alicyclic amines) is 1. The van der Waals surface area contributed by atoms with Crippen LogP contribution in [-0.2, 0) is 4.74 Å². The van der Waals surface area contributed by atoms with Crippen molar-refractivity contribution < 1.29 is 27.4 Å². The van der Waals surface area contributed by atoms with Gasteiger partial charge in [-0.2, -0.15) is 0 Å². The van der Waals surface area contributed by atoms with Gasteiger partial charge in [0.15, 0.2) is 0 Å². The Morgan fingerprint density at radius 2 is 1.82 bits per heavy atom. The van der Waals surface area contributed by atoms with Gasteiger partial charge in [0, 0.05) is 25.2 Å². The van der Waals surface area contributed by atoms with E-state index in [4.69, 9.17) is 4.74 Å². The van der Waals surface area contributed by atoms with Crippen molar-refractivity contribution in [1.82, 2.24) is 14.5 Å². The Balaban J connectivity index is 1.79. The van der Waals surface area contributed by atoms with Gasteiger partial charge in [0.1, 0.15) is 11.4 Å². The summed E-state index contributed by atoms with van der Waals surface area (Å²) in [6.45, 7) is 6.12. The van der Waals surface area contributed by atoms with Crippen molar-refractivity contribution in [3.05, 3.63) is 28.7 Å². The predicted molar refractivity (Wildman–Crippen MR) is 95.3 cm³/mol. The summed E-state index contributed by atoms with van der Waals surface area (Å²) in [5.41, 5.74) is -0.247. The Hall–Kier alpha value is -2.65. The topological polar surface area (TPSA) is 76.6 Å². The molecule has 3 rings (SSSR count). The molecule has 0 spiro atoms. The van der Waals surface area contributed by atoms with E-state index in [0.717, 1.165) is 6.07 Å². The highest BCUT2D eigenvalue weighted by Gasteiger charge is 2.32. The van der Waals surface area contributed by atoms with Crippen molar-refractivity contribution in [2.45, 2.75) is 51.6 Å². The van der Waals surface area contributed by atoms with Gasteiger partial charge in [-0.1, -0.05) is 0 Å². The average molecular weight is 401 g/mol. The number of ether oxygens (including phenoxy) is 2. The maximum absolute atomic E-state index is 12.5. The molecule has 0 bridgehead atoms. The second-order valence-corrected chi connectivity index (χ2v) is 7.73. The van der Waals surface area contributed by atoms with Crippen LogP contribution >= 0.6 is 0 Å². The van der Waals surface area contributed by atoms with Gasteiger partial charge in [0.25, 0.3) is 0 Å². The summed E-state index contributed by atoms with van der Waals surface area (Å²) in [7, 11) is 0. The Labute approximate surface area is 159 Å². The SMILES string of the molecule is CC(C)(C)OC(=O)N1CCC(n2c(=O)[nH]c3ccc(OC(F)(F)F)cc32)CC1. The summed E-state index contributed by atoms with van der Waals surface area (Å²) < 4.78 is 48.2. The summed E-state index contributed by atoms with van der Waals surface area (Å²) >= 11 is 0. The van der Waals surface area contributed by atoms with Crippen molar-refractivity contribution in [1.29, 1.82) is 0 Å². The Bertz CT molecular complexity index is 919. The molecule has 1 saturated heterocycles. The molecule has 0 unspecified atom stereocenters. The molecule has 2 heterocycles. The number of H-pyrrole nitrogens is 1. The minimum Gasteiger partial charge on any atom is -0.444 e. The largest absolute Gasteiger partial charge is 0.573 e. The van der Waals surface area contributed by atoms with Gasteiger partial charge in [-0.3, -0.25) is 4.57 Å². The van der Waals surface area contributed by atoms with Crippen LogP contribution in [-0.4, -0.2) is 45.6 Å². The number of aromatic amines is 1. The Kier molecular flexibility index (Phi) is 5.07. The third-order valence-electron chi connectivity index (χ3n) is 4.40. The molecule has 1 N–H and O–H groups in total. The second-order valence-electron chi connectivity index (χ2n) is 7.73. The number of fused-ring (bicyclic) bond motifs is 1. The number of carbonyl (C=O) groups is 1. The standard InChI is InChI=1S/C18H22F3N3O4/c1-17(2,3)28-16(26)23-8-6-11(7-9-23)24-14-10-12(27-18(19,20)21)4-5-13(14)22-15(24)25/h4-5,10-11H,6-9H2,1-3H3,(H,22,25). The Morgan fingerprint density at radius 3 is 2.39 bits per heavy atom. The van der Waals surface area contributed by atoms with E-state index in [-0.39, 0.29) is 11.8 Å². The molecule has 1 aromatic carbocycles.